The maximum atomic E-state index is 12.1. The van der Waals surface area contributed by atoms with Crippen LogP contribution in [-0.4, -0.2) is 43.1 Å². The highest BCUT2D eigenvalue weighted by Gasteiger charge is 2.19. The number of halogens is 2. The number of amides is 1. The highest BCUT2D eigenvalue weighted by molar-refractivity contribution is 6.35. The Bertz CT molecular complexity index is 546. The van der Waals surface area contributed by atoms with Crippen LogP contribution in [-0.2, 0) is 4.79 Å². The quantitative estimate of drug-likeness (QED) is 0.633. The molecule has 1 aliphatic heterocycles. The zero-order chi connectivity index (χ0) is 18.1. The molecule has 1 saturated heterocycles. The fourth-order valence-electron chi connectivity index (χ4n) is 2.99. The third-order valence-corrected chi connectivity index (χ3v) is 5.01. The molecule has 6 heteroatoms. The van der Waals surface area contributed by atoms with Crippen molar-refractivity contribution < 1.29 is 9.53 Å². The lowest BCUT2D eigenvalue weighted by Crippen LogP contribution is -2.44. The van der Waals surface area contributed by atoms with E-state index in [1.54, 1.807) is 18.2 Å². The SMILES string of the molecule is CCCCN1CCC(NC(=O)CCCOc2ccc(Cl)cc2Cl)CC1. The fourth-order valence-corrected chi connectivity index (χ4v) is 3.45. The molecule has 0 saturated carbocycles. The van der Waals surface area contributed by atoms with Gasteiger partial charge in [-0.25, -0.2) is 0 Å². The van der Waals surface area contributed by atoms with Gasteiger partial charge in [-0.15, -0.1) is 0 Å². The lowest BCUT2D eigenvalue weighted by atomic mass is 10.0. The Morgan fingerprint density at radius 1 is 1.28 bits per heavy atom. The number of carbonyl (C=O) groups excluding carboxylic acids is 1. The van der Waals surface area contributed by atoms with Crippen LogP contribution in [0.5, 0.6) is 5.75 Å². The van der Waals surface area contributed by atoms with E-state index in [-0.39, 0.29) is 5.91 Å². The molecule has 25 heavy (non-hydrogen) atoms. The second-order valence-corrected chi connectivity index (χ2v) is 7.41. The van der Waals surface area contributed by atoms with Crippen LogP contribution < -0.4 is 10.1 Å². The summed E-state index contributed by atoms with van der Waals surface area (Å²) in [5.74, 6) is 0.712. The van der Waals surface area contributed by atoms with E-state index in [2.05, 4.69) is 17.1 Å². The van der Waals surface area contributed by atoms with Crippen LogP contribution in [0, 0.1) is 0 Å². The first-order chi connectivity index (χ1) is 12.1. The van der Waals surface area contributed by atoms with Crippen molar-refractivity contribution in [3.63, 3.8) is 0 Å². The molecular weight excluding hydrogens is 359 g/mol. The van der Waals surface area contributed by atoms with Crippen molar-refractivity contribution >= 4 is 29.1 Å². The number of carbonyl (C=O) groups is 1. The summed E-state index contributed by atoms with van der Waals surface area (Å²) < 4.78 is 5.61. The minimum absolute atomic E-state index is 0.109. The minimum Gasteiger partial charge on any atom is -0.492 e. The Morgan fingerprint density at radius 3 is 2.72 bits per heavy atom. The number of hydrogen-bond donors (Lipinski definition) is 1. The van der Waals surface area contributed by atoms with Crippen molar-refractivity contribution in [2.24, 2.45) is 0 Å². The van der Waals surface area contributed by atoms with Crippen molar-refractivity contribution in [1.82, 2.24) is 10.2 Å². The summed E-state index contributed by atoms with van der Waals surface area (Å²) in [7, 11) is 0. The predicted molar refractivity (Wildman–Crippen MR) is 104 cm³/mol. The first-order valence-electron chi connectivity index (χ1n) is 9.18. The van der Waals surface area contributed by atoms with Crippen molar-refractivity contribution in [3.05, 3.63) is 28.2 Å². The second kappa shape index (κ2) is 10.9. The molecule has 0 bridgehead atoms. The summed E-state index contributed by atoms with van der Waals surface area (Å²) in [6.07, 6.45) is 5.73. The van der Waals surface area contributed by atoms with Gasteiger partial charge in [-0.1, -0.05) is 36.5 Å². The number of nitrogens with one attached hydrogen (secondary N) is 1. The average Bonchev–Trinajstić information content (AvgIpc) is 2.59. The van der Waals surface area contributed by atoms with Crippen molar-refractivity contribution in [2.75, 3.05) is 26.2 Å². The zero-order valence-electron chi connectivity index (χ0n) is 14.9. The summed E-state index contributed by atoms with van der Waals surface area (Å²) in [4.78, 5) is 14.6. The lowest BCUT2D eigenvalue weighted by Gasteiger charge is -2.32. The molecule has 1 heterocycles. The summed E-state index contributed by atoms with van der Waals surface area (Å²) in [6, 6.07) is 5.45. The van der Waals surface area contributed by atoms with Crippen LogP contribution >= 0.6 is 23.2 Å². The molecule has 1 aliphatic rings. The maximum absolute atomic E-state index is 12.1. The summed E-state index contributed by atoms with van der Waals surface area (Å²) in [5.41, 5.74) is 0. The molecule has 2 rings (SSSR count). The van der Waals surface area contributed by atoms with Gasteiger partial charge in [0.1, 0.15) is 5.75 Å². The Morgan fingerprint density at radius 2 is 2.04 bits per heavy atom. The van der Waals surface area contributed by atoms with Gasteiger partial charge in [0.25, 0.3) is 0 Å². The average molecular weight is 387 g/mol. The van der Waals surface area contributed by atoms with E-state index in [4.69, 9.17) is 27.9 Å². The fraction of sp³-hybridized carbons (Fsp3) is 0.632. The van der Waals surface area contributed by atoms with Crippen LogP contribution in [0.1, 0.15) is 45.4 Å². The van der Waals surface area contributed by atoms with Gasteiger partial charge in [0.15, 0.2) is 0 Å². The van der Waals surface area contributed by atoms with Crippen molar-refractivity contribution in [3.8, 4) is 5.75 Å². The number of benzene rings is 1. The predicted octanol–water partition coefficient (Wildman–Crippen LogP) is 4.53. The van der Waals surface area contributed by atoms with Crippen LogP contribution in [0.25, 0.3) is 0 Å². The molecule has 0 unspecified atom stereocenters. The van der Waals surface area contributed by atoms with Crippen LogP contribution in [0.3, 0.4) is 0 Å². The zero-order valence-corrected chi connectivity index (χ0v) is 16.4. The number of likely N-dealkylation sites (tertiary alicyclic amines) is 1. The van der Waals surface area contributed by atoms with Gasteiger partial charge in [0, 0.05) is 30.6 Å². The number of ether oxygens (including phenoxy) is 1. The molecule has 1 N–H and O–H groups in total. The first kappa shape index (κ1) is 20.3. The van der Waals surface area contributed by atoms with E-state index < -0.39 is 0 Å². The lowest BCUT2D eigenvalue weighted by molar-refractivity contribution is -0.122. The van der Waals surface area contributed by atoms with Gasteiger partial charge in [-0.05, 0) is 50.4 Å². The van der Waals surface area contributed by atoms with Gasteiger partial charge in [-0.2, -0.15) is 0 Å². The van der Waals surface area contributed by atoms with Crippen molar-refractivity contribution in [1.29, 1.82) is 0 Å². The van der Waals surface area contributed by atoms with Gasteiger partial charge >= 0.3 is 0 Å². The van der Waals surface area contributed by atoms with Gasteiger partial charge in [-0.3, -0.25) is 4.79 Å². The van der Waals surface area contributed by atoms with E-state index >= 15 is 0 Å². The normalized spacial score (nSPS) is 16.0. The molecule has 1 amide bonds. The standard InChI is InChI=1S/C19H28Cl2N2O2/c1-2-3-10-23-11-8-16(9-12-23)22-19(24)5-4-13-25-18-7-6-15(20)14-17(18)21/h6-7,14,16H,2-5,8-13H2,1H3,(H,22,24). The smallest absolute Gasteiger partial charge is 0.220 e. The van der Waals surface area contributed by atoms with Gasteiger partial charge in [0.2, 0.25) is 5.91 Å². The second-order valence-electron chi connectivity index (χ2n) is 6.56. The van der Waals surface area contributed by atoms with Crippen LogP contribution in [0.2, 0.25) is 10.0 Å². The number of hydrogen-bond acceptors (Lipinski definition) is 3. The molecular formula is C19H28Cl2N2O2. The third-order valence-electron chi connectivity index (χ3n) is 4.48. The van der Waals surface area contributed by atoms with E-state index in [0.29, 0.717) is 41.3 Å². The molecule has 0 spiro atoms. The van der Waals surface area contributed by atoms with E-state index in [1.807, 2.05) is 0 Å². The summed E-state index contributed by atoms with van der Waals surface area (Å²) in [6.45, 7) is 6.04. The summed E-state index contributed by atoms with van der Waals surface area (Å²) >= 11 is 11.9. The molecule has 4 nitrogen and oxygen atoms in total. The Labute approximate surface area is 160 Å². The number of nitrogens with zero attached hydrogens (tertiary/aromatic N) is 1. The molecule has 0 aliphatic carbocycles. The number of unbranched alkanes of at least 4 members (excludes halogenated alkanes) is 1. The maximum Gasteiger partial charge on any atom is 0.220 e. The topological polar surface area (TPSA) is 41.6 Å². The molecule has 0 aromatic heterocycles. The van der Waals surface area contributed by atoms with E-state index in [9.17, 15) is 4.79 Å². The molecule has 1 fully saturated rings. The van der Waals surface area contributed by atoms with Crippen LogP contribution in [0.4, 0.5) is 0 Å². The third kappa shape index (κ3) is 7.43. The van der Waals surface area contributed by atoms with E-state index in [0.717, 1.165) is 25.9 Å². The number of rotatable bonds is 9. The molecule has 0 atom stereocenters. The molecule has 0 radical (unpaired) electrons. The summed E-state index contributed by atoms with van der Waals surface area (Å²) in [5, 5.41) is 4.22. The Balaban J connectivity index is 1.58. The highest BCUT2D eigenvalue weighted by Crippen LogP contribution is 2.27. The Hall–Kier alpha value is -0.970. The number of piperidine rings is 1. The first-order valence-corrected chi connectivity index (χ1v) is 9.93. The molecule has 1 aromatic rings. The van der Waals surface area contributed by atoms with E-state index in [1.165, 1.54) is 19.4 Å². The van der Waals surface area contributed by atoms with Gasteiger partial charge in [0.05, 0.1) is 11.6 Å². The molecule has 1 aromatic carbocycles. The van der Waals surface area contributed by atoms with Crippen molar-refractivity contribution in [2.45, 2.75) is 51.5 Å². The molecule has 140 valence electrons. The van der Waals surface area contributed by atoms with Crippen LogP contribution in [0.15, 0.2) is 18.2 Å². The monoisotopic (exact) mass is 386 g/mol. The highest BCUT2D eigenvalue weighted by atomic mass is 35.5. The largest absolute Gasteiger partial charge is 0.492 e. The minimum atomic E-state index is 0.109. The van der Waals surface area contributed by atoms with Gasteiger partial charge < -0.3 is 15.0 Å². The Kier molecular flexibility index (Phi) is 8.87.